The van der Waals surface area contributed by atoms with Gasteiger partial charge in [0.05, 0.1) is 24.2 Å². The zero-order valence-corrected chi connectivity index (χ0v) is 23.2. The van der Waals surface area contributed by atoms with Crippen LogP contribution < -0.4 is 15.4 Å². The monoisotopic (exact) mass is 531 g/mol. The standard InChI is InChI=1S/C32H32BN4O3/c1-5-22-6-10-24(11-7-22)31(38)34-26-14-16-27(17-15-26)36-37-28-19-30(40-4)29(18-21(28)2)35-32(39)25-12-8-23(9-13-25)20-33-3/h6-19H,5,20H2,1-4H3,(H,34,38)(H,35,39). The third-order valence-electron chi connectivity index (χ3n) is 6.44. The number of hydrogen-bond donors (Lipinski definition) is 2. The van der Waals surface area contributed by atoms with Crippen LogP contribution in [0, 0.1) is 6.92 Å². The molecule has 0 aliphatic carbocycles. The van der Waals surface area contributed by atoms with Crippen molar-refractivity contribution in [1.29, 1.82) is 0 Å². The van der Waals surface area contributed by atoms with Crippen LogP contribution in [0.5, 0.6) is 5.75 Å². The van der Waals surface area contributed by atoms with Crippen molar-refractivity contribution >= 4 is 41.8 Å². The van der Waals surface area contributed by atoms with Gasteiger partial charge in [0, 0.05) is 22.9 Å². The lowest BCUT2D eigenvalue weighted by Gasteiger charge is -2.13. The van der Waals surface area contributed by atoms with Crippen molar-refractivity contribution in [2.24, 2.45) is 10.2 Å². The number of hydrogen-bond acceptors (Lipinski definition) is 5. The van der Waals surface area contributed by atoms with E-state index in [2.05, 4.69) is 35.1 Å². The van der Waals surface area contributed by atoms with E-state index >= 15 is 0 Å². The van der Waals surface area contributed by atoms with Crippen molar-refractivity contribution in [2.75, 3.05) is 17.7 Å². The Morgan fingerprint density at radius 2 is 1.40 bits per heavy atom. The lowest BCUT2D eigenvalue weighted by atomic mass is 9.75. The molecule has 0 heterocycles. The van der Waals surface area contributed by atoms with Gasteiger partial charge >= 0.3 is 0 Å². The van der Waals surface area contributed by atoms with Gasteiger partial charge in [-0.05, 0) is 79.1 Å². The van der Waals surface area contributed by atoms with Gasteiger partial charge in [0.2, 0.25) is 0 Å². The molecule has 0 aromatic heterocycles. The van der Waals surface area contributed by atoms with Gasteiger partial charge in [-0.25, -0.2) is 0 Å². The largest absolute Gasteiger partial charge is 0.494 e. The van der Waals surface area contributed by atoms with Crippen LogP contribution in [0.15, 0.2) is 95.2 Å². The molecule has 0 unspecified atom stereocenters. The number of carbonyl (C=O) groups is 2. The molecule has 0 fully saturated rings. The zero-order valence-electron chi connectivity index (χ0n) is 23.2. The van der Waals surface area contributed by atoms with Gasteiger partial charge in [0.25, 0.3) is 11.8 Å². The maximum absolute atomic E-state index is 12.8. The summed E-state index contributed by atoms with van der Waals surface area (Å²) < 4.78 is 5.52. The summed E-state index contributed by atoms with van der Waals surface area (Å²) in [6.07, 6.45) is 1.79. The van der Waals surface area contributed by atoms with Crippen molar-refractivity contribution in [2.45, 2.75) is 33.4 Å². The van der Waals surface area contributed by atoms with Crippen molar-refractivity contribution in [3.63, 3.8) is 0 Å². The Bertz CT molecular complexity index is 1500. The van der Waals surface area contributed by atoms with Crippen molar-refractivity contribution in [1.82, 2.24) is 0 Å². The van der Waals surface area contributed by atoms with E-state index in [4.69, 9.17) is 4.74 Å². The summed E-state index contributed by atoms with van der Waals surface area (Å²) in [6.45, 7) is 5.98. The number of carbonyl (C=O) groups excluding carboxylic acids is 2. The second-order valence-electron chi connectivity index (χ2n) is 9.35. The molecule has 1 radical (unpaired) electrons. The summed E-state index contributed by atoms with van der Waals surface area (Å²) in [7, 11) is 3.62. The second-order valence-corrected chi connectivity index (χ2v) is 9.35. The van der Waals surface area contributed by atoms with Crippen molar-refractivity contribution < 1.29 is 14.3 Å². The van der Waals surface area contributed by atoms with Crippen LogP contribution >= 0.6 is 0 Å². The number of anilines is 2. The van der Waals surface area contributed by atoms with Gasteiger partial charge < -0.3 is 15.4 Å². The van der Waals surface area contributed by atoms with E-state index in [1.165, 1.54) is 5.56 Å². The summed E-state index contributed by atoms with van der Waals surface area (Å²) in [6, 6.07) is 25.8. The molecule has 0 saturated carbocycles. The molecule has 8 heteroatoms. The predicted molar refractivity (Wildman–Crippen MR) is 162 cm³/mol. The molecule has 2 amide bonds. The van der Waals surface area contributed by atoms with Crippen LogP contribution in [0.25, 0.3) is 0 Å². The Hall–Kier alpha value is -4.72. The van der Waals surface area contributed by atoms with E-state index in [1.807, 2.05) is 68.3 Å². The lowest BCUT2D eigenvalue weighted by Crippen LogP contribution is -2.13. The number of methoxy groups -OCH3 is 1. The summed E-state index contributed by atoms with van der Waals surface area (Å²) in [5.74, 6) is 0.0958. The molecular weight excluding hydrogens is 499 g/mol. The molecule has 4 rings (SSSR count). The Balaban J connectivity index is 1.42. The number of rotatable bonds is 10. The molecule has 40 heavy (non-hydrogen) atoms. The van der Waals surface area contributed by atoms with Crippen LogP contribution in [-0.4, -0.2) is 26.2 Å². The average Bonchev–Trinajstić information content (AvgIpc) is 2.98. The molecule has 0 aliphatic heterocycles. The molecule has 4 aromatic carbocycles. The number of benzene rings is 4. The Morgan fingerprint density at radius 3 is 1.98 bits per heavy atom. The van der Waals surface area contributed by atoms with Gasteiger partial charge in [-0.3, -0.25) is 9.59 Å². The molecule has 201 valence electrons. The van der Waals surface area contributed by atoms with Crippen LogP contribution in [0.2, 0.25) is 6.82 Å². The molecular formula is C32H32BN4O3. The normalized spacial score (nSPS) is 10.8. The molecule has 0 bridgehead atoms. The fraction of sp³-hybridized carbons (Fsp3) is 0.188. The molecule has 0 aliphatic rings. The van der Waals surface area contributed by atoms with E-state index in [-0.39, 0.29) is 11.8 Å². The number of aryl methyl sites for hydroxylation is 2. The smallest absolute Gasteiger partial charge is 0.255 e. The van der Waals surface area contributed by atoms with E-state index < -0.39 is 0 Å². The SMILES string of the molecule is C[B]Cc1ccc(C(=O)Nc2cc(C)c(N=Nc3ccc(NC(=O)c4ccc(CC)cc4)cc3)cc2OC)cc1. The minimum atomic E-state index is -0.218. The molecule has 0 atom stereocenters. The lowest BCUT2D eigenvalue weighted by molar-refractivity contribution is 0.101. The molecule has 0 saturated heterocycles. The van der Waals surface area contributed by atoms with E-state index in [9.17, 15) is 9.59 Å². The van der Waals surface area contributed by atoms with E-state index in [0.29, 0.717) is 39.6 Å². The zero-order chi connectivity index (χ0) is 28.5. The highest BCUT2D eigenvalue weighted by molar-refractivity contribution is 6.32. The number of ether oxygens (including phenoxy) is 1. The first kappa shape index (κ1) is 28.3. The first-order valence-corrected chi connectivity index (χ1v) is 13.2. The van der Waals surface area contributed by atoms with E-state index in [1.54, 1.807) is 37.4 Å². The number of azo groups is 1. The van der Waals surface area contributed by atoms with Crippen LogP contribution in [0.3, 0.4) is 0 Å². The maximum atomic E-state index is 12.8. The highest BCUT2D eigenvalue weighted by Crippen LogP contribution is 2.34. The van der Waals surface area contributed by atoms with Crippen molar-refractivity contribution in [3.8, 4) is 5.75 Å². The van der Waals surface area contributed by atoms with Gasteiger partial charge in [-0.2, -0.15) is 10.2 Å². The topological polar surface area (TPSA) is 92.1 Å². The molecule has 2 N–H and O–H groups in total. The van der Waals surface area contributed by atoms with E-state index in [0.717, 1.165) is 23.9 Å². The second kappa shape index (κ2) is 13.4. The number of nitrogens with zero attached hydrogens (tertiary/aromatic N) is 2. The number of amides is 2. The van der Waals surface area contributed by atoms with Gasteiger partial charge in [-0.15, -0.1) is 0 Å². The fourth-order valence-electron chi connectivity index (χ4n) is 4.09. The first-order valence-electron chi connectivity index (χ1n) is 13.2. The minimum Gasteiger partial charge on any atom is -0.494 e. The highest BCUT2D eigenvalue weighted by atomic mass is 16.5. The summed E-state index contributed by atoms with van der Waals surface area (Å²) >= 11 is 0. The summed E-state index contributed by atoms with van der Waals surface area (Å²) in [5.41, 5.74) is 6.80. The summed E-state index contributed by atoms with van der Waals surface area (Å²) in [4.78, 5) is 25.3. The molecule has 7 nitrogen and oxygen atoms in total. The Morgan fingerprint density at radius 1 is 0.800 bits per heavy atom. The van der Waals surface area contributed by atoms with Crippen molar-refractivity contribution in [3.05, 3.63) is 113 Å². The quantitative estimate of drug-likeness (QED) is 0.162. The minimum absolute atomic E-state index is 0.168. The molecule has 0 spiro atoms. The predicted octanol–water partition coefficient (Wildman–Crippen LogP) is 7.74. The third kappa shape index (κ3) is 7.23. The Kier molecular flexibility index (Phi) is 9.46. The third-order valence-corrected chi connectivity index (χ3v) is 6.44. The van der Waals surface area contributed by atoms with Gasteiger partial charge in [-0.1, -0.05) is 49.9 Å². The van der Waals surface area contributed by atoms with Crippen LogP contribution in [0.4, 0.5) is 22.7 Å². The Labute approximate surface area is 235 Å². The molecule has 4 aromatic rings. The first-order chi connectivity index (χ1) is 19.4. The fourth-order valence-corrected chi connectivity index (χ4v) is 4.09. The average molecular weight is 531 g/mol. The summed E-state index contributed by atoms with van der Waals surface area (Å²) in [5, 5.41) is 14.6. The highest BCUT2D eigenvalue weighted by Gasteiger charge is 2.13. The maximum Gasteiger partial charge on any atom is 0.255 e. The van der Waals surface area contributed by atoms with Gasteiger partial charge in [0.1, 0.15) is 13.0 Å². The van der Waals surface area contributed by atoms with Gasteiger partial charge in [0.15, 0.2) is 0 Å². The number of nitrogens with one attached hydrogen (secondary N) is 2. The van der Waals surface area contributed by atoms with Crippen LogP contribution in [0.1, 0.15) is 44.3 Å². The van der Waals surface area contributed by atoms with Crippen LogP contribution in [-0.2, 0) is 12.7 Å².